The van der Waals surface area contributed by atoms with Crippen LogP contribution in [0.15, 0.2) is 0 Å². The van der Waals surface area contributed by atoms with E-state index in [2.05, 4.69) is 0 Å². The summed E-state index contributed by atoms with van der Waals surface area (Å²) < 4.78 is 16.9. The van der Waals surface area contributed by atoms with Gasteiger partial charge in [-0.2, -0.15) is 0 Å². The summed E-state index contributed by atoms with van der Waals surface area (Å²) in [4.78, 5) is 12.2. The van der Waals surface area contributed by atoms with E-state index in [9.17, 15) is 4.79 Å². The molecule has 0 unspecified atom stereocenters. The number of hydrogen-bond acceptors (Lipinski definition) is 4. The smallest absolute Gasteiger partial charge is 0.335 e. The standard InChI is InChI=1S/C18H30O4/c1-13(21-12-17-7-4-10-20-17)18(19)22-16-9-8-14-5-2-3-6-15(14)11-16/h13-17H,2-12H2,1H3/t13-,14-,15-,16+,17-/m0/s1. The summed E-state index contributed by atoms with van der Waals surface area (Å²) in [5.41, 5.74) is 0. The van der Waals surface area contributed by atoms with Gasteiger partial charge in [-0.1, -0.05) is 25.7 Å². The number of carbonyl (C=O) groups excluding carboxylic acids is 1. The van der Waals surface area contributed by atoms with Crippen LogP contribution in [-0.2, 0) is 19.0 Å². The highest BCUT2D eigenvalue weighted by atomic mass is 16.6. The quantitative estimate of drug-likeness (QED) is 0.729. The molecule has 3 fully saturated rings. The number of hydrogen-bond donors (Lipinski definition) is 0. The van der Waals surface area contributed by atoms with Crippen molar-refractivity contribution < 1.29 is 19.0 Å². The Balaban J connectivity index is 1.38. The van der Waals surface area contributed by atoms with Gasteiger partial charge in [-0.25, -0.2) is 4.79 Å². The van der Waals surface area contributed by atoms with Crippen molar-refractivity contribution in [3.8, 4) is 0 Å². The van der Waals surface area contributed by atoms with Crippen LogP contribution in [0.3, 0.4) is 0 Å². The van der Waals surface area contributed by atoms with E-state index < -0.39 is 6.10 Å². The minimum atomic E-state index is -0.478. The first kappa shape index (κ1) is 16.3. The van der Waals surface area contributed by atoms with E-state index in [-0.39, 0.29) is 18.2 Å². The molecule has 0 aromatic rings. The van der Waals surface area contributed by atoms with Gasteiger partial charge in [0.05, 0.1) is 12.7 Å². The van der Waals surface area contributed by atoms with Crippen molar-refractivity contribution >= 4 is 5.97 Å². The second-order valence-corrected chi connectivity index (χ2v) is 7.29. The molecular formula is C18H30O4. The Morgan fingerprint density at radius 2 is 1.91 bits per heavy atom. The van der Waals surface area contributed by atoms with Crippen LogP contribution in [0, 0.1) is 11.8 Å². The summed E-state index contributed by atoms with van der Waals surface area (Å²) in [6, 6.07) is 0. The van der Waals surface area contributed by atoms with Crippen LogP contribution < -0.4 is 0 Å². The zero-order chi connectivity index (χ0) is 15.4. The molecule has 4 nitrogen and oxygen atoms in total. The molecule has 0 bridgehead atoms. The lowest BCUT2D eigenvalue weighted by Crippen LogP contribution is -2.36. The van der Waals surface area contributed by atoms with Crippen LogP contribution in [0.1, 0.15) is 64.7 Å². The predicted octanol–water partition coefficient (Wildman–Crippen LogP) is 3.47. The molecule has 0 amide bonds. The van der Waals surface area contributed by atoms with Gasteiger partial charge in [-0.15, -0.1) is 0 Å². The Labute approximate surface area is 133 Å². The third kappa shape index (κ3) is 4.23. The van der Waals surface area contributed by atoms with E-state index in [1.807, 2.05) is 0 Å². The minimum Gasteiger partial charge on any atom is -0.460 e. The van der Waals surface area contributed by atoms with Crippen molar-refractivity contribution in [2.45, 2.75) is 83.0 Å². The second-order valence-electron chi connectivity index (χ2n) is 7.29. The summed E-state index contributed by atoms with van der Waals surface area (Å²) in [5, 5.41) is 0. The summed E-state index contributed by atoms with van der Waals surface area (Å²) in [5.74, 6) is 1.47. The monoisotopic (exact) mass is 310 g/mol. The first-order valence-corrected chi connectivity index (χ1v) is 9.16. The summed E-state index contributed by atoms with van der Waals surface area (Å²) >= 11 is 0. The molecule has 1 aliphatic heterocycles. The highest BCUT2D eigenvalue weighted by Gasteiger charge is 2.34. The Hall–Kier alpha value is -0.610. The number of carbonyl (C=O) groups is 1. The van der Waals surface area contributed by atoms with Gasteiger partial charge >= 0.3 is 5.97 Å². The Morgan fingerprint density at radius 1 is 1.09 bits per heavy atom. The van der Waals surface area contributed by atoms with Gasteiger partial charge in [0.25, 0.3) is 0 Å². The minimum absolute atomic E-state index is 0.112. The van der Waals surface area contributed by atoms with Crippen LogP contribution in [0.4, 0.5) is 0 Å². The van der Waals surface area contributed by atoms with Crippen LogP contribution in [-0.4, -0.2) is 37.5 Å². The Bertz CT molecular complexity index is 364. The van der Waals surface area contributed by atoms with E-state index in [1.165, 1.54) is 32.1 Å². The van der Waals surface area contributed by atoms with Crippen LogP contribution in [0.25, 0.3) is 0 Å². The summed E-state index contributed by atoms with van der Waals surface area (Å²) in [6.07, 6.45) is 10.7. The first-order chi connectivity index (χ1) is 10.7. The lowest BCUT2D eigenvalue weighted by molar-refractivity contribution is -0.166. The van der Waals surface area contributed by atoms with Crippen LogP contribution >= 0.6 is 0 Å². The molecule has 3 rings (SSSR count). The molecule has 4 heteroatoms. The first-order valence-electron chi connectivity index (χ1n) is 9.16. The average Bonchev–Trinajstić information content (AvgIpc) is 3.06. The molecule has 3 aliphatic rings. The number of fused-ring (bicyclic) bond motifs is 1. The molecule has 0 N–H and O–H groups in total. The molecule has 1 heterocycles. The van der Waals surface area contributed by atoms with Crippen LogP contribution in [0.2, 0.25) is 0 Å². The average molecular weight is 310 g/mol. The zero-order valence-electron chi connectivity index (χ0n) is 13.8. The summed E-state index contributed by atoms with van der Waals surface area (Å²) in [7, 11) is 0. The third-order valence-corrected chi connectivity index (χ3v) is 5.66. The molecule has 0 spiro atoms. The van der Waals surface area contributed by atoms with Crippen molar-refractivity contribution in [1.82, 2.24) is 0 Å². The zero-order valence-corrected chi connectivity index (χ0v) is 13.8. The van der Waals surface area contributed by atoms with Crippen molar-refractivity contribution in [1.29, 1.82) is 0 Å². The van der Waals surface area contributed by atoms with Gasteiger partial charge in [-0.05, 0) is 50.9 Å². The molecule has 1 saturated heterocycles. The largest absolute Gasteiger partial charge is 0.460 e. The van der Waals surface area contributed by atoms with Crippen molar-refractivity contribution in [3.05, 3.63) is 0 Å². The number of esters is 1. The van der Waals surface area contributed by atoms with E-state index >= 15 is 0 Å². The lowest BCUT2D eigenvalue weighted by atomic mass is 9.70. The molecule has 22 heavy (non-hydrogen) atoms. The normalized spacial score (nSPS) is 36.6. The molecule has 2 saturated carbocycles. The van der Waals surface area contributed by atoms with Gasteiger partial charge < -0.3 is 14.2 Å². The van der Waals surface area contributed by atoms with Gasteiger partial charge in [0.1, 0.15) is 6.10 Å². The highest BCUT2D eigenvalue weighted by Crippen LogP contribution is 2.41. The SMILES string of the molecule is C[C@H](OC[C@@H]1CCCO1)C(=O)O[C@@H]1CC[C@@H]2CCCC[C@H]2C1. The Kier molecular flexibility index (Phi) is 5.75. The molecular weight excluding hydrogens is 280 g/mol. The van der Waals surface area contributed by atoms with Crippen molar-refractivity contribution in [2.75, 3.05) is 13.2 Å². The fraction of sp³-hybridized carbons (Fsp3) is 0.944. The lowest BCUT2D eigenvalue weighted by Gasteiger charge is -2.39. The number of rotatable bonds is 5. The second kappa shape index (κ2) is 7.78. The van der Waals surface area contributed by atoms with E-state index in [0.717, 1.165) is 44.1 Å². The van der Waals surface area contributed by atoms with Gasteiger partial charge in [0.15, 0.2) is 6.10 Å². The maximum atomic E-state index is 12.2. The van der Waals surface area contributed by atoms with E-state index in [1.54, 1.807) is 6.92 Å². The van der Waals surface area contributed by atoms with Gasteiger partial charge in [0.2, 0.25) is 0 Å². The molecule has 0 radical (unpaired) electrons. The molecule has 2 aliphatic carbocycles. The van der Waals surface area contributed by atoms with Crippen molar-refractivity contribution in [2.24, 2.45) is 11.8 Å². The number of ether oxygens (including phenoxy) is 3. The molecule has 0 aromatic carbocycles. The third-order valence-electron chi connectivity index (χ3n) is 5.66. The van der Waals surface area contributed by atoms with Gasteiger partial charge in [0, 0.05) is 6.61 Å². The molecule has 126 valence electrons. The maximum absolute atomic E-state index is 12.2. The fourth-order valence-corrected chi connectivity index (χ4v) is 4.29. The molecule has 5 atom stereocenters. The topological polar surface area (TPSA) is 44.8 Å². The summed E-state index contributed by atoms with van der Waals surface area (Å²) in [6.45, 7) is 3.12. The molecule has 0 aromatic heterocycles. The Morgan fingerprint density at radius 3 is 2.68 bits per heavy atom. The van der Waals surface area contributed by atoms with Gasteiger partial charge in [-0.3, -0.25) is 0 Å². The van der Waals surface area contributed by atoms with Crippen LogP contribution in [0.5, 0.6) is 0 Å². The van der Waals surface area contributed by atoms with Crippen molar-refractivity contribution in [3.63, 3.8) is 0 Å². The highest BCUT2D eigenvalue weighted by molar-refractivity contribution is 5.74. The maximum Gasteiger partial charge on any atom is 0.335 e. The van der Waals surface area contributed by atoms with E-state index in [0.29, 0.717) is 6.61 Å². The predicted molar refractivity (Wildman–Crippen MR) is 83.6 cm³/mol. The van der Waals surface area contributed by atoms with E-state index in [4.69, 9.17) is 14.2 Å². The fourth-order valence-electron chi connectivity index (χ4n) is 4.29.